The highest BCUT2D eigenvalue weighted by molar-refractivity contribution is 6.29. The number of benzene rings is 2. The zero-order valence-corrected chi connectivity index (χ0v) is 19.9. The van der Waals surface area contributed by atoms with Gasteiger partial charge >= 0.3 is 0 Å². The van der Waals surface area contributed by atoms with Gasteiger partial charge in [-0.1, -0.05) is 24.3 Å². The van der Waals surface area contributed by atoms with Gasteiger partial charge in [0.25, 0.3) is 5.78 Å². The van der Waals surface area contributed by atoms with Crippen LogP contribution in [0.4, 0.5) is 11.5 Å². The molecule has 2 aromatic carbocycles. The fraction of sp³-hybridized carbons (Fsp3) is 0.240. The quantitative estimate of drug-likeness (QED) is 0.368. The van der Waals surface area contributed by atoms with Crippen molar-refractivity contribution < 1.29 is 4.74 Å². The van der Waals surface area contributed by atoms with Gasteiger partial charge in [0.15, 0.2) is 0 Å². The second-order valence-corrected chi connectivity index (χ2v) is 8.79. The van der Waals surface area contributed by atoms with Crippen molar-refractivity contribution in [3.63, 3.8) is 0 Å². The number of ether oxygens (including phenoxy) is 1. The molecule has 9 nitrogen and oxygen atoms in total. The number of halogens is 1. The first-order chi connectivity index (χ1) is 17.2. The van der Waals surface area contributed by atoms with Crippen LogP contribution in [0, 0.1) is 0 Å². The van der Waals surface area contributed by atoms with Crippen molar-refractivity contribution in [1.82, 2.24) is 34.4 Å². The Morgan fingerprint density at radius 2 is 1.86 bits per heavy atom. The van der Waals surface area contributed by atoms with Gasteiger partial charge in [0.2, 0.25) is 5.28 Å². The van der Waals surface area contributed by atoms with Crippen LogP contribution in [0.2, 0.25) is 5.28 Å². The van der Waals surface area contributed by atoms with E-state index in [4.69, 9.17) is 26.3 Å². The molecule has 176 valence electrons. The first-order valence-electron chi connectivity index (χ1n) is 11.4. The molecule has 5 aromatic rings. The molecule has 0 spiro atoms. The third kappa shape index (κ3) is 4.18. The summed E-state index contributed by atoms with van der Waals surface area (Å²) in [6.45, 7) is 4.17. The van der Waals surface area contributed by atoms with Crippen LogP contribution in [0.5, 0.6) is 0 Å². The van der Waals surface area contributed by atoms with E-state index in [9.17, 15) is 0 Å². The van der Waals surface area contributed by atoms with Gasteiger partial charge in [0.05, 0.1) is 42.5 Å². The fourth-order valence-electron chi connectivity index (χ4n) is 4.38. The second-order valence-electron chi connectivity index (χ2n) is 8.45. The maximum absolute atomic E-state index is 6.27. The summed E-state index contributed by atoms with van der Waals surface area (Å²) in [4.78, 5) is 18.5. The van der Waals surface area contributed by atoms with E-state index in [2.05, 4.69) is 26.1 Å². The number of rotatable bonds is 5. The minimum Gasteiger partial charge on any atom is -0.379 e. The van der Waals surface area contributed by atoms with Gasteiger partial charge in [-0.25, -0.2) is 4.40 Å². The Bertz CT molecular complexity index is 1500. The molecule has 0 N–H and O–H groups in total. The van der Waals surface area contributed by atoms with E-state index < -0.39 is 0 Å². The van der Waals surface area contributed by atoms with E-state index in [0.717, 1.165) is 72.2 Å². The maximum Gasteiger partial charge on any atom is 0.258 e. The van der Waals surface area contributed by atoms with E-state index in [1.807, 2.05) is 66.8 Å². The van der Waals surface area contributed by atoms with Crippen molar-refractivity contribution in [2.75, 3.05) is 38.3 Å². The van der Waals surface area contributed by atoms with Crippen molar-refractivity contribution in [1.29, 1.82) is 0 Å². The molecule has 0 saturated carbocycles. The lowest BCUT2D eigenvalue weighted by Crippen LogP contribution is -2.35. The third-order valence-electron chi connectivity index (χ3n) is 6.24. The molecule has 10 heteroatoms. The van der Waals surface area contributed by atoms with Gasteiger partial charge in [-0.05, 0) is 35.9 Å². The number of para-hydroxylation sites is 1. The first-order valence-corrected chi connectivity index (χ1v) is 11.8. The van der Waals surface area contributed by atoms with E-state index in [-0.39, 0.29) is 5.28 Å². The van der Waals surface area contributed by atoms with Crippen LogP contribution in [-0.2, 0) is 11.3 Å². The van der Waals surface area contributed by atoms with Crippen LogP contribution in [0.15, 0.2) is 60.9 Å². The summed E-state index contributed by atoms with van der Waals surface area (Å²) < 4.78 is 7.17. The Balaban J connectivity index is 1.31. The van der Waals surface area contributed by atoms with Crippen LogP contribution in [0.1, 0.15) is 5.69 Å². The smallest absolute Gasteiger partial charge is 0.258 e. The van der Waals surface area contributed by atoms with Gasteiger partial charge in [-0.3, -0.25) is 14.9 Å². The van der Waals surface area contributed by atoms with Gasteiger partial charge in [-0.15, -0.1) is 10.2 Å². The van der Waals surface area contributed by atoms with Gasteiger partial charge in [0, 0.05) is 43.3 Å². The summed E-state index contributed by atoms with van der Waals surface area (Å²) in [5.74, 6) is 1.22. The molecular weight excluding hydrogens is 464 g/mol. The largest absolute Gasteiger partial charge is 0.379 e. The molecular formula is C25H23ClN8O. The summed E-state index contributed by atoms with van der Waals surface area (Å²) in [7, 11) is 1.99. The normalized spacial score (nSPS) is 14.6. The molecule has 6 rings (SSSR count). The zero-order chi connectivity index (χ0) is 23.8. The number of nitrogens with zero attached hydrogens (tertiary/aromatic N) is 8. The van der Waals surface area contributed by atoms with Gasteiger partial charge < -0.3 is 9.64 Å². The fourth-order valence-corrected chi connectivity index (χ4v) is 4.58. The van der Waals surface area contributed by atoms with Gasteiger partial charge in [-0.2, -0.15) is 4.98 Å². The first kappa shape index (κ1) is 21.8. The predicted octanol–water partition coefficient (Wildman–Crippen LogP) is 3.99. The van der Waals surface area contributed by atoms with Crippen molar-refractivity contribution in [2.24, 2.45) is 0 Å². The Labute approximate surface area is 207 Å². The number of morpholine rings is 1. The Kier molecular flexibility index (Phi) is 5.73. The van der Waals surface area contributed by atoms with E-state index in [0.29, 0.717) is 5.78 Å². The molecule has 35 heavy (non-hydrogen) atoms. The highest BCUT2D eigenvalue weighted by atomic mass is 35.5. The number of aromatic nitrogens is 6. The lowest BCUT2D eigenvalue weighted by molar-refractivity contribution is 0.0336. The molecule has 0 aliphatic carbocycles. The third-order valence-corrected chi connectivity index (χ3v) is 6.48. The molecule has 0 unspecified atom stereocenters. The highest BCUT2D eigenvalue weighted by Gasteiger charge is 2.17. The van der Waals surface area contributed by atoms with E-state index in [1.54, 1.807) is 4.40 Å². The molecule has 0 bridgehead atoms. The lowest BCUT2D eigenvalue weighted by Gasteiger charge is -2.26. The molecule has 0 amide bonds. The number of hydrogen-bond acceptors (Lipinski definition) is 8. The van der Waals surface area contributed by atoms with Crippen LogP contribution in [0.25, 0.3) is 27.9 Å². The number of fused-ring (bicyclic) bond motifs is 3. The topological polar surface area (TPSA) is 84.6 Å². The Morgan fingerprint density at radius 3 is 2.69 bits per heavy atom. The van der Waals surface area contributed by atoms with Crippen molar-refractivity contribution in [3.8, 4) is 11.3 Å². The summed E-state index contributed by atoms with van der Waals surface area (Å²) in [6, 6.07) is 16.1. The van der Waals surface area contributed by atoms with Crippen LogP contribution >= 0.6 is 11.6 Å². The lowest BCUT2D eigenvalue weighted by atomic mass is 10.1. The average Bonchev–Trinajstić information content (AvgIpc) is 3.29. The van der Waals surface area contributed by atoms with Crippen LogP contribution < -0.4 is 4.90 Å². The average molecular weight is 487 g/mol. The molecule has 0 radical (unpaired) electrons. The minimum atomic E-state index is 0.288. The highest BCUT2D eigenvalue weighted by Crippen LogP contribution is 2.32. The van der Waals surface area contributed by atoms with Crippen molar-refractivity contribution >= 4 is 39.8 Å². The Morgan fingerprint density at radius 1 is 1.00 bits per heavy atom. The minimum absolute atomic E-state index is 0.288. The summed E-state index contributed by atoms with van der Waals surface area (Å²) in [5, 5.41) is 9.36. The SMILES string of the molecule is CN(c1cccc(-c2cnc(CN3CCOCC3)cn2)c1)c1nc2nnc(Cl)n2c2ccccc12. The predicted molar refractivity (Wildman–Crippen MR) is 135 cm³/mol. The van der Waals surface area contributed by atoms with Crippen LogP contribution in [-0.4, -0.2) is 67.8 Å². The molecule has 3 aromatic heterocycles. The van der Waals surface area contributed by atoms with Crippen molar-refractivity contribution in [2.45, 2.75) is 6.54 Å². The zero-order valence-electron chi connectivity index (χ0n) is 19.2. The Hall–Kier alpha value is -3.66. The van der Waals surface area contributed by atoms with Crippen molar-refractivity contribution in [3.05, 3.63) is 71.9 Å². The molecule has 1 aliphatic rings. The summed E-state index contributed by atoms with van der Waals surface area (Å²) in [6.07, 6.45) is 3.70. The molecule has 1 aliphatic heterocycles. The van der Waals surface area contributed by atoms with E-state index >= 15 is 0 Å². The monoisotopic (exact) mass is 486 g/mol. The van der Waals surface area contributed by atoms with Crippen LogP contribution in [0.3, 0.4) is 0 Å². The number of anilines is 2. The molecule has 0 atom stereocenters. The molecule has 1 fully saturated rings. The standard InChI is InChI=1S/C25H23ClN8O/c1-32(23-20-7-2-3-8-22(20)34-24(26)30-31-25(34)29-23)19-6-4-5-17(13-19)21-15-27-18(14-28-21)16-33-9-11-35-12-10-33/h2-8,13-15H,9-12,16H2,1H3. The molecule has 1 saturated heterocycles. The number of hydrogen-bond donors (Lipinski definition) is 0. The summed E-state index contributed by atoms with van der Waals surface area (Å²) >= 11 is 6.27. The second kappa shape index (κ2) is 9.18. The summed E-state index contributed by atoms with van der Waals surface area (Å²) in [5.41, 5.74) is 4.63. The van der Waals surface area contributed by atoms with E-state index in [1.165, 1.54) is 0 Å². The molecule has 4 heterocycles. The van der Waals surface area contributed by atoms with Gasteiger partial charge in [0.1, 0.15) is 5.82 Å². The maximum atomic E-state index is 6.27.